The van der Waals surface area contributed by atoms with Crippen molar-refractivity contribution in [3.05, 3.63) is 18.1 Å². The molecule has 1 N–H and O–H groups in total. The van der Waals surface area contributed by atoms with Gasteiger partial charge in [0, 0.05) is 30.9 Å². The van der Waals surface area contributed by atoms with Crippen LogP contribution in [-0.2, 0) is 0 Å². The number of aliphatic hydroxyl groups is 1. The molecule has 0 saturated carbocycles. The second-order valence-corrected chi connectivity index (χ2v) is 6.12. The third-order valence-corrected chi connectivity index (χ3v) is 3.92. The number of piperidine rings is 1. The smallest absolute Gasteiger partial charge is 0.183 e. The third-order valence-electron chi connectivity index (χ3n) is 3.92. The summed E-state index contributed by atoms with van der Waals surface area (Å²) < 4.78 is 0. The zero-order chi connectivity index (χ0) is 14.6. The highest BCUT2D eigenvalue weighted by molar-refractivity contribution is 5.50. The highest BCUT2D eigenvalue weighted by Gasteiger charge is 2.36. The van der Waals surface area contributed by atoms with Crippen molar-refractivity contribution in [2.75, 3.05) is 24.6 Å². The molecule has 0 spiro atoms. The molecule has 0 aromatic carbocycles. The predicted octanol–water partition coefficient (Wildman–Crippen LogP) is 1.97. The van der Waals surface area contributed by atoms with E-state index in [4.69, 9.17) is 5.26 Å². The van der Waals surface area contributed by atoms with Gasteiger partial charge in [-0.3, -0.25) is 0 Å². The van der Waals surface area contributed by atoms with E-state index < -0.39 is 0 Å². The summed E-state index contributed by atoms with van der Waals surface area (Å²) in [5.74, 6) is 1.19. The Morgan fingerprint density at radius 1 is 1.45 bits per heavy atom. The number of hydrogen-bond donors (Lipinski definition) is 1. The SMILES string of the molecule is CC(C)C[C@@]1(CO)CCCN(c2nccnc2C#N)C1. The lowest BCUT2D eigenvalue weighted by molar-refractivity contribution is 0.0830. The molecule has 1 aromatic heterocycles. The topological polar surface area (TPSA) is 73.0 Å². The van der Waals surface area contributed by atoms with Gasteiger partial charge in [0.2, 0.25) is 0 Å². The first kappa shape index (κ1) is 14.7. The van der Waals surface area contributed by atoms with Crippen molar-refractivity contribution in [1.82, 2.24) is 9.97 Å². The number of anilines is 1. The second kappa shape index (κ2) is 6.19. The van der Waals surface area contributed by atoms with E-state index in [0.29, 0.717) is 17.4 Å². The highest BCUT2D eigenvalue weighted by Crippen LogP contribution is 2.37. The molecule has 0 unspecified atom stereocenters. The molecule has 2 heterocycles. The van der Waals surface area contributed by atoms with Crippen molar-refractivity contribution in [3.8, 4) is 6.07 Å². The lowest BCUT2D eigenvalue weighted by atomic mass is 9.74. The van der Waals surface area contributed by atoms with Gasteiger partial charge in [0.05, 0.1) is 6.61 Å². The quantitative estimate of drug-likeness (QED) is 0.908. The molecule has 0 amide bonds. The Morgan fingerprint density at radius 2 is 2.20 bits per heavy atom. The van der Waals surface area contributed by atoms with E-state index >= 15 is 0 Å². The van der Waals surface area contributed by atoms with E-state index in [1.807, 2.05) is 0 Å². The zero-order valence-corrected chi connectivity index (χ0v) is 12.2. The Labute approximate surface area is 120 Å². The average Bonchev–Trinajstić information content (AvgIpc) is 2.46. The molecule has 5 nitrogen and oxygen atoms in total. The van der Waals surface area contributed by atoms with Gasteiger partial charge in [-0.25, -0.2) is 9.97 Å². The maximum Gasteiger partial charge on any atom is 0.183 e. The van der Waals surface area contributed by atoms with Gasteiger partial charge in [-0.15, -0.1) is 0 Å². The number of aliphatic hydroxyl groups excluding tert-OH is 1. The van der Waals surface area contributed by atoms with Crippen LogP contribution in [0.2, 0.25) is 0 Å². The first-order valence-electron chi connectivity index (χ1n) is 7.17. The molecule has 2 rings (SSSR count). The first-order chi connectivity index (χ1) is 9.60. The van der Waals surface area contributed by atoms with Crippen LogP contribution < -0.4 is 4.90 Å². The van der Waals surface area contributed by atoms with Crippen LogP contribution in [0.5, 0.6) is 0 Å². The van der Waals surface area contributed by atoms with E-state index in [1.165, 1.54) is 0 Å². The molecular weight excluding hydrogens is 252 g/mol. The molecule has 108 valence electrons. The third kappa shape index (κ3) is 3.07. The number of hydrogen-bond acceptors (Lipinski definition) is 5. The van der Waals surface area contributed by atoms with Gasteiger partial charge in [-0.2, -0.15) is 5.26 Å². The Morgan fingerprint density at radius 3 is 2.85 bits per heavy atom. The molecule has 1 saturated heterocycles. The molecule has 0 aliphatic carbocycles. The number of nitrogens with zero attached hydrogens (tertiary/aromatic N) is 4. The molecule has 1 atom stereocenters. The summed E-state index contributed by atoms with van der Waals surface area (Å²) in [6.07, 6.45) is 6.18. The van der Waals surface area contributed by atoms with Crippen LogP contribution in [-0.4, -0.2) is 34.8 Å². The Kier molecular flexibility index (Phi) is 4.56. The van der Waals surface area contributed by atoms with E-state index in [-0.39, 0.29) is 12.0 Å². The normalized spacial score (nSPS) is 22.9. The van der Waals surface area contributed by atoms with Gasteiger partial charge in [-0.1, -0.05) is 13.8 Å². The van der Waals surface area contributed by atoms with Crippen molar-refractivity contribution in [3.63, 3.8) is 0 Å². The molecule has 20 heavy (non-hydrogen) atoms. The molecule has 5 heteroatoms. The highest BCUT2D eigenvalue weighted by atomic mass is 16.3. The van der Waals surface area contributed by atoms with Crippen LogP contribution >= 0.6 is 0 Å². The maximum atomic E-state index is 9.85. The van der Waals surface area contributed by atoms with E-state index in [0.717, 1.165) is 32.4 Å². The lowest BCUT2D eigenvalue weighted by Crippen LogP contribution is -2.46. The first-order valence-corrected chi connectivity index (χ1v) is 7.17. The van der Waals surface area contributed by atoms with Crippen molar-refractivity contribution in [1.29, 1.82) is 5.26 Å². The number of nitriles is 1. The van der Waals surface area contributed by atoms with Crippen LogP contribution in [0.3, 0.4) is 0 Å². The standard InChI is InChI=1S/C15H22N4O/c1-12(2)8-15(11-20)4-3-7-19(10-15)14-13(9-16)17-5-6-18-14/h5-6,12,20H,3-4,7-8,10-11H2,1-2H3/t15-/m0/s1. The summed E-state index contributed by atoms with van der Waals surface area (Å²) in [5.41, 5.74) is 0.280. The summed E-state index contributed by atoms with van der Waals surface area (Å²) >= 11 is 0. The summed E-state index contributed by atoms with van der Waals surface area (Å²) in [6.45, 7) is 6.16. The van der Waals surface area contributed by atoms with Gasteiger partial charge in [-0.05, 0) is 25.2 Å². The summed E-state index contributed by atoms with van der Waals surface area (Å²) in [5, 5.41) is 19.0. The summed E-state index contributed by atoms with van der Waals surface area (Å²) in [6, 6.07) is 2.10. The van der Waals surface area contributed by atoms with Crippen LogP contribution in [0.25, 0.3) is 0 Å². The van der Waals surface area contributed by atoms with Gasteiger partial charge < -0.3 is 10.0 Å². The monoisotopic (exact) mass is 274 g/mol. The molecule has 0 bridgehead atoms. The van der Waals surface area contributed by atoms with Crippen molar-refractivity contribution >= 4 is 5.82 Å². The fourth-order valence-electron chi connectivity index (χ4n) is 3.26. The average molecular weight is 274 g/mol. The molecule has 1 aliphatic rings. The number of aromatic nitrogens is 2. The van der Waals surface area contributed by atoms with E-state index in [2.05, 4.69) is 34.8 Å². The fourth-order valence-corrected chi connectivity index (χ4v) is 3.26. The van der Waals surface area contributed by atoms with Gasteiger partial charge in [0.25, 0.3) is 0 Å². The molecule has 1 fully saturated rings. The largest absolute Gasteiger partial charge is 0.396 e. The van der Waals surface area contributed by atoms with Crippen LogP contribution in [0, 0.1) is 22.7 Å². The van der Waals surface area contributed by atoms with Crippen LogP contribution in [0.1, 0.15) is 38.8 Å². The molecule has 1 aromatic rings. The van der Waals surface area contributed by atoms with Crippen molar-refractivity contribution in [2.45, 2.75) is 33.1 Å². The second-order valence-electron chi connectivity index (χ2n) is 6.12. The van der Waals surface area contributed by atoms with E-state index in [1.54, 1.807) is 12.4 Å². The predicted molar refractivity (Wildman–Crippen MR) is 77.2 cm³/mol. The maximum absolute atomic E-state index is 9.85. The molecule has 1 aliphatic heterocycles. The minimum atomic E-state index is -0.0866. The van der Waals surface area contributed by atoms with Crippen molar-refractivity contribution < 1.29 is 5.11 Å². The summed E-state index contributed by atoms with van der Waals surface area (Å²) in [4.78, 5) is 10.5. The Bertz CT molecular complexity index is 497. The minimum Gasteiger partial charge on any atom is -0.396 e. The van der Waals surface area contributed by atoms with Gasteiger partial charge in [0.15, 0.2) is 11.5 Å². The molecule has 0 radical (unpaired) electrons. The van der Waals surface area contributed by atoms with Crippen LogP contribution in [0.4, 0.5) is 5.82 Å². The Balaban J connectivity index is 2.24. The zero-order valence-electron chi connectivity index (χ0n) is 12.2. The van der Waals surface area contributed by atoms with Gasteiger partial charge >= 0.3 is 0 Å². The minimum absolute atomic E-state index is 0.0866. The summed E-state index contributed by atoms with van der Waals surface area (Å²) in [7, 11) is 0. The van der Waals surface area contributed by atoms with Crippen LogP contribution in [0.15, 0.2) is 12.4 Å². The van der Waals surface area contributed by atoms with Gasteiger partial charge in [0.1, 0.15) is 6.07 Å². The number of rotatable bonds is 4. The van der Waals surface area contributed by atoms with E-state index in [9.17, 15) is 5.11 Å². The molecular formula is C15H22N4O. The van der Waals surface area contributed by atoms with Crippen molar-refractivity contribution in [2.24, 2.45) is 11.3 Å². The Hall–Kier alpha value is -1.67. The lowest BCUT2D eigenvalue weighted by Gasteiger charge is -2.43. The fraction of sp³-hybridized carbons (Fsp3) is 0.667.